The number of nitrogens with zero attached hydrogens (tertiary/aromatic N) is 3. The number of fused-ring (bicyclic) bond motifs is 1. The molecule has 1 unspecified atom stereocenters. The van der Waals surface area contributed by atoms with Gasteiger partial charge in [0.1, 0.15) is 30.8 Å². The van der Waals surface area contributed by atoms with Crippen LogP contribution in [0.15, 0.2) is 54.7 Å². The highest BCUT2D eigenvalue weighted by Gasteiger charge is 2.28. The third-order valence-corrected chi connectivity index (χ3v) is 6.87. The van der Waals surface area contributed by atoms with Gasteiger partial charge in [0, 0.05) is 45.5 Å². The molecule has 2 amide bonds. The number of aromatic amines is 1. The summed E-state index contributed by atoms with van der Waals surface area (Å²) in [6, 6.07) is 14.4. The first-order valence-electron chi connectivity index (χ1n) is 13.4. The van der Waals surface area contributed by atoms with Crippen molar-refractivity contribution in [3.63, 3.8) is 0 Å². The minimum absolute atomic E-state index is 0.0175. The first kappa shape index (κ1) is 27.4. The van der Waals surface area contributed by atoms with Crippen LogP contribution in [0.4, 0.5) is 5.69 Å². The van der Waals surface area contributed by atoms with Crippen molar-refractivity contribution in [2.45, 2.75) is 6.10 Å². The SMILES string of the molecule is CN1CCN(C(=O)c2ccccc2OCCNCC(O)COc2cccc3c2C(=Cc2ccn[nH]2)C(=O)N3)CC1. The molecule has 40 heavy (non-hydrogen) atoms. The molecule has 4 N–H and O–H groups in total. The quantitative estimate of drug-likeness (QED) is 0.211. The van der Waals surface area contributed by atoms with Crippen LogP contribution >= 0.6 is 0 Å². The maximum absolute atomic E-state index is 13.0. The molecule has 0 saturated carbocycles. The minimum atomic E-state index is -0.785. The molecule has 1 fully saturated rings. The van der Waals surface area contributed by atoms with Crippen molar-refractivity contribution in [3.05, 3.63) is 71.5 Å². The molecule has 3 heterocycles. The summed E-state index contributed by atoms with van der Waals surface area (Å²) in [4.78, 5) is 29.6. The van der Waals surface area contributed by atoms with Gasteiger partial charge in [0.25, 0.3) is 11.8 Å². The molecule has 5 rings (SSSR count). The summed E-state index contributed by atoms with van der Waals surface area (Å²) in [5.41, 5.74) is 3.03. The number of hydrogen-bond acceptors (Lipinski definition) is 8. The van der Waals surface area contributed by atoms with Crippen molar-refractivity contribution in [2.24, 2.45) is 0 Å². The summed E-state index contributed by atoms with van der Waals surface area (Å²) >= 11 is 0. The van der Waals surface area contributed by atoms with E-state index in [1.165, 1.54) is 0 Å². The zero-order valence-electron chi connectivity index (χ0n) is 22.4. The van der Waals surface area contributed by atoms with Crippen LogP contribution < -0.4 is 20.1 Å². The number of aliphatic hydroxyl groups is 1. The number of rotatable bonds is 11. The molecule has 1 atom stereocenters. The Morgan fingerprint density at radius 1 is 1.10 bits per heavy atom. The van der Waals surface area contributed by atoms with E-state index < -0.39 is 6.10 Å². The molecule has 0 aliphatic carbocycles. The molecule has 1 aromatic heterocycles. The van der Waals surface area contributed by atoms with Crippen LogP contribution in [0.3, 0.4) is 0 Å². The Hall–Kier alpha value is -4.19. The van der Waals surface area contributed by atoms with E-state index in [0.717, 1.165) is 13.1 Å². The normalized spacial score (nSPS) is 17.0. The van der Waals surface area contributed by atoms with Crippen LogP contribution in [0.1, 0.15) is 21.6 Å². The molecular formula is C29H34N6O5. The molecule has 11 nitrogen and oxygen atoms in total. The fourth-order valence-corrected chi connectivity index (χ4v) is 4.67. The Balaban J connectivity index is 1.09. The van der Waals surface area contributed by atoms with Crippen LogP contribution in [0.2, 0.25) is 0 Å². The predicted octanol–water partition coefficient (Wildman–Crippen LogP) is 1.70. The molecule has 2 aliphatic heterocycles. The monoisotopic (exact) mass is 546 g/mol. The summed E-state index contributed by atoms with van der Waals surface area (Å²) in [5.74, 6) is 0.813. The van der Waals surface area contributed by atoms with Crippen molar-refractivity contribution < 1.29 is 24.2 Å². The number of carbonyl (C=O) groups excluding carboxylic acids is 2. The van der Waals surface area contributed by atoms with E-state index in [2.05, 4.69) is 32.8 Å². The molecule has 1 saturated heterocycles. The molecule has 2 aromatic carbocycles. The topological polar surface area (TPSA) is 132 Å². The second kappa shape index (κ2) is 12.8. The molecule has 0 bridgehead atoms. The number of aromatic nitrogens is 2. The van der Waals surface area contributed by atoms with Gasteiger partial charge in [-0.2, -0.15) is 5.10 Å². The molecule has 11 heteroatoms. The number of hydrogen-bond donors (Lipinski definition) is 4. The second-order valence-corrected chi connectivity index (χ2v) is 9.81. The largest absolute Gasteiger partial charge is 0.491 e. The lowest BCUT2D eigenvalue weighted by atomic mass is 10.0. The lowest BCUT2D eigenvalue weighted by Crippen LogP contribution is -2.47. The van der Waals surface area contributed by atoms with E-state index in [4.69, 9.17) is 9.47 Å². The predicted molar refractivity (Wildman–Crippen MR) is 151 cm³/mol. The van der Waals surface area contributed by atoms with E-state index in [1.807, 2.05) is 23.1 Å². The summed E-state index contributed by atoms with van der Waals surface area (Å²) in [6.45, 7) is 4.25. The summed E-state index contributed by atoms with van der Waals surface area (Å²) in [7, 11) is 2.06. The lowest BCUT2D eigenvalue weighted by Gasteiger charge is -2.32. The first-order valence-corrected chi connectivity index (χ1v) is 13.4. The molecule has 2 aliphatic rings. The van der Waals surface area contributed by atoms with Crippen LogP contribution in [0.25, 0.3) is 11.6 Å². The Labute approximate surface area is 232 Å². The third-order valence-electron chi connectivity index (χ3n) is 6.87. The van der Waals surface area contributed by atoms with Crippen molar-refractivity contribution >= 4 is 29.2 Å². The molecule has 0 radical (unpaired) electrons. The van der Waals surface area contributed by atoms with Gasteiger partial charge in [0.15, 0.2) is 0 Å². The average molecular weight is 547 g/mol. The number of carbonyl (C=O) groups is 2. The standard InChI is InChI=1S/C29H34N6O5/c1-34-12-14-35(15-13-34)29(38)22-5-2-3-7-25(22)39-16-11-30-18-21(36)19-40-26-8-4-6-24-27(26)23(28(37)32-24)17-20-9-10-31-33-20/h2-10,17,21,30,36H,11-16,18-19H2,1H3,(H,31,33)(H,32,37). The van der Waals surface area contributed by atoms with Crippen molar-refractivity contribution in [1.82, 2.24) is 25.3 Å². The van der Waals surface area contributed by atoms with Gasteiger partial charge >= 0.3 is 0 Å². The van der Waals surface area contributed by atoms with Crippen molar-refractivity contribution in [1.29, 1.82) is 0 Å². The van der Waals surface area contributed by atoms with Gasteiger partial charge in [-0.3, -0.25) is 14.7 Å². The second-order valence-electron chi connectivity index (χ2n) is 9.81. The number of para-hydroxylation sites is 1. The molecular weight excluding hydrogens is 512 g/mol. The summed E-state index contributed by atoms with van der Waals surface area (Å²) in [5, 5.41) is 23.2. The van der Waals surface area contributed by atoms with E-state index in [-0.39, 0.29) is 25.0 Å². The van der Waals surface area contributed by atoms with Gasteiger partial charge in [0.05, 0.1) is 28.1 Å². The number of ether oxygens (including phenoxy) is 2. The van der Waals surface area contributed by atoms with E-state index in [0.29, 0.717) is 65.8 Å². The Morgan fingerprint density at radius 2 is 1.90 bits per heavy atom. The number of amides is 2. The zero-order valence-corrected chi connectivity index (χ0v) is 22.4. The number of benzene rings is 2. The zero-order chi connectivity index (χ0) is 27.9. The Bertz CT molecular complexity index is 1350. The maximum Gasteiger partial charge on any atom is 0.257 e. The number of H-pyrrole nitrogens is 1. The fraction of sp³-hybridized carbons (Fsp3) is 0.345. The number of anilines is 1. The van der Waals surface area contributed by atoms with Crippen LogP contribution in [-0.2, 0) is 4.79 Å². The fourth-order valence-electron chi connectivity index (χ4n) is 4.67. The lowest BCUT2D eigenvalue weighted by molar-refractivity contribution is -0.110. The molecule has 0 spiro atoms. The highest BCUT2D eigenvalue weighted by atomic mass is 16.5. The van der Waals surface area contributed by atoms with Gasteiger partial charge in [-0.1, -0.05) is 18.2 Å². The highest BCUT2D eigenvalue weighted by Crippen LogP contribution is 2.39. The number of aliphatic hydroxyl groups excluding tert-OH is 1. The van der Waals surface area contributed by atoms with Gasteiger partial charge in [-0.05, 0) is 43.5 Å². The van der Waals surface area contributed by atoms with Crippen LogP contribution in [0.5, 0.6) is 11.5 Å². The van der Waals surface area contributed by atoms with E-state index in [1.54, 1.807) is 42.6 Å². The number of nitrogens with one attached hydrogen (secondary N) is 3. The van der Waals surface area contributed by atoms with Gasteiger partial charge in [0.2, 0.25) is 0 Å². The number of piperazine rings is 1. The van der Waals surface area contributed by atoms with Crippen LogP contribution in [0, 0.1) is 0 Å². The average Bonchev–Trinajstić information content (AvgIpc) is 3.60. The van der Waals surface area contributed by atoms with E-state index in [9.17, 15) is 14.7 Å². The third kappa shape index (κ3) is 6.50. The van der Waals surface area contributed by atoms with Crippen LogP contribution in [-0.4, -0.2) is 103 Å². The minimum Gasteiger partial charge on any atom is -0.491 e. The highest BCUT2D eigenvalue weighted by molar-refractivity contribution is 6.35. The van der Waals surface area contributed by atoms with Gasteiger partial charge in [-0.25, -0.2) is 0 Å². The smallest absolute Gasteiger partial charge is 0.257 e. The summed E-state index contributed by atoms with van der Waals surface area (Å²) in [6.07, 6.45) is 2.55. The molecule has 210 valence electrons. The van der Waals surface area contributed by atoms with Gasteiger partial charge in [-0.15, -0.1) is 0 Å². The van der Waals surface area contributed by atoms with Crippen molar-refractivity contribution in [3.8, 4) is 11.5 Å². The van der Waals surface area contributed by atoms with E-state index >= 15 is 0 Å². The molecule has 3 aromatic rings. The van der Waals surface area contributed by atoms with Gasteiger partial charge < -0.3 is 35.0 Å². The first-order chi connectivity index (χ1) is 19.5. The number of likely N-dealkylation sites (N-methyl/N-ethyl adjacent to an activating group) is 1. The maximum atomic E-state index is 13.0. The Morgan fingerprint density at radius 3 is 2.70 bits per heavy atom. The Kier molecular flexibility index (Phi) is 8.74. The van der Waals surface area contributed by atoms with Crippen molar-refractivity contribution in [2.75, 3.05) is 64.8 Å². The summed E-state index contributed by atoms with van der Waals surface area (Å²) < 4.78 is 11.8.